The van der Waals surface area contributed by atoms with Gasteiger partial charge in [-0.3, -0.25) is 4.79 Å². The van der Waals surface area contributed by atoms with E-state index < -0.39 is 5.41 Å². The zero-order chi connectivity index (χ0) is 13.6. The fourth-order valence-corrected chi connectivity index (χ4v) is 3.24. The molecule has 1 atom stereocenters. The van der Waals surface area contributed by atoms with E-state index >= 15 is 0 Å². The summed E-state index contributed by atoms with van der Waals surface area (Å²) >= 11 is 0. The first-order chi connectivity index (χ1) is 9.07. The predicted octanol–water partition coefficient (Wildman–Crippen LogP) is 3.47. The van der Waals surface area contributed by atoms with Crippen LogP contribution in [-0.4, -0.2) is 5.78 Å². The van der Waals surface area contributed by atoms with Crippen molar-refractivity contribution >= 4 is 11.4 Å². The molecule has 0 saturated heterocycles. The number of ketones is 1. The number of aryl methyl sites for hydroxylation is 2. The standard InChI is InChI=1S/C18H16O/c1-4-18-9-8-14-7-5-6-12(2)17(14)15(18)10-16(19)13(3)11-18/h1,5-7,10-11H,8-9H2,2-3H3. The van der Waals surface area contributed by atoms with Gasteiger partial charge < -0.3 is 0 Å². The summed E-state index contributed by atoms with van der Waals surface area (Å²) in [6, 6.07) is 6.30. The molecule has 1 aromatic carbocycles. The highest BCUT2D eigenvalue weighted by atomic mass is 16.1. The van der Waals surface area contributed by atoms with Crippen molar-refractivity contribution in [3.8, 4) is 12.3 Å². The zero-order valence-electron chi connectivity index (χ0n) is 11.3. The Kier molecular flexibility index (Phi) is 2.50. The van der Waals surface area contributed by atoms with Gasteiger partial charge in [-0.25, -0.2) is 0 Å². The molecular formula is C18H16O. The Labute approximate surface area is 114 Å². The molecular weight excluding hydrogens is 232 g/mol. The monoisotopic (exact) mass is 248 g/mol. The minimum absolute atomic E-state index is 0.0805. The van der Waals surface area contributed by atoms with Gasteiger partial charge in [0.2, 0.25) is 0 Å². The summed E-state index contributed by atoms with van der Waals surface area (Å²) in [6.07, 6.45) is 11.4. The van der Waals surface area contributed by atoms with Gasteiger partial charge in [0.15, 0.2) is 5.78 Å². The van der Waals surface area contributed by atoms with Crippen LogP contribution in [0.25, 0.3) is 5.57 Å². The first-order valence-corrected chi connectivity index (χ1v) is 6.60. The van der Waals surface area contributed by atoms with E-state index in [-0.39, 0.29) is 5.78 Å². The van der Waals surface area contributed by atoms with Crippen molar-refractivity contribution in [1.82, 2.24) is 0 Å². The number of benzene rings is 1. The Morgan fingerprint density at radius 1 is 1.32 bits per heavy atom. The molecule has 3 rings (SSSR count). The second-order valence-electron chi connectivity index (χ2n) is 5.47. The molecule has 1 unspecified atom stereocenters. The molecule has 0 aliphatic heterocycles. The molecule has 0 bridgehead atoms. The SMILES string of the molecule is C#CC12C=C(C)C(=O)C=C1c1c(C)cccc1CC2. The van der Waals surface area contributed by atoms with Crippen molar-refractivity contribution in [3.63, 3.8) is 0 Å². The van der Waals surface area contributed by atoms with Crippen LogP contribution in [0.2, 0.25) is 0 Å². The smallest absolute Gasteiger partial charge is 0.181 e. The van der Waals surface area contributed by atoms with Gasteiger partial charge in [0.1, 0.15) is 0 Å². The summed E-state index contributed by atoms with van der Waals surface area (Å²) in [5.74, 6) is 3.02. The van der Waals surface area contributed by atoms with Gasteiger partial charge in [-0.1, -0.05) is 30.2 Å². The van der Waals surface area contributed by atoms with Crippen molar-refractivity contribution < 1.29 is 4.79 Å². The van der Waals surface area contributed by atoms with E-state index in [9.17, 15) is 4.79 Å². The Bertz CT molecular complexity index is 682. The first kappa shape index (κ1) is 12.0. The van der Waals surface area contributed by atoms with Gasteiger partial charge in [-0.05, 0) is 60.6 Å². The topological polar surface area (TPSA) is 17.1 Å². The minimum Gasteiger partial charge on any atom is -0.290 e. The van der Waals surface area contributed by atoms with Gasteiger partial charge in [0, 0.05) is 0 Å². The van der Waals surface area contributed by atoms with Crippen LogP contribution in [0.3, 0.4) is 0 Å². The third-order valence-corrected chi connectivity index (χ3v) is 4.28. The van der Waals surface area contributed by atoms with Gasteiger partial charge in [-0.15, -0.1) is 6.42 Å². The van der Waals surface area contributed by atoms with Crippen LogP contribution in [0.15, 0.2) is 35.9 Å². The van der Waals surface area contributed by atoms with E-state index in [1.54, 1.807) is 6.08 Å². The van der Waals surface area contributed by atoms with E-state index in [1.807, 2.05) is 13.0 Å². The largest absolute Gasteiger partial charge is 0.290 e. The van der Waals surface area contributed by atoms with Crippen LogP contribution < -0.4 is 0 Å². The van der Waals surface area contributed by atoms with Crippen molar-refractivity contribution in [3.05, 3.63) is 52.6 Å². The zero-order valence-corrected chi connectivity index (χ0v) is 11.3. The molecule has 0 amide bonds. The molecule has 1 aromatic rings. The highest BCUT2D eigenvalue weighted by Crippen LogP contribution is 2.49. The summed E-state index contributed by atoms with van der Waals surface area (Å²) in [7, 11) is 0. The molecule has 2 aliphatic rings. The molecule has 94 valence electrons. The quantitative estimate of drug-likeness (QED) is 0.642. The van der Waals surface area contributed by atoms with E-state index in [4.69, 9.17) is 6.42 Å². The number of carbonyl (C=O) groups is 1. The molecule has 0 aromatic heterocycles. The highest BCUT2D eigenvalue weighted by Gasteiger charge is 2.39. The maximum Gasteiger partial charge on any atom is 0.181 e. The summed E-state index contributed by atoms with van der Waals surface area (Å²) in [6.45, 7) is 3.93. The Morgan fingerprint density at radius 3 is 2.84 bits per heavy atom. The molecule has 2 aliphatic carbocycles. The Hall–Kier alpha value is -2.07. The average molecular weight is 248 g/mol. The molecule has 0 fully saturated rings. The first-order valence-electron chi connectivity index (χ1n) is 6.60. The third-order valence-electron chi connectivity index (χ3n) is 4.28. The van der Waals surface area contributed by atoms with E-state index in [0.29, 0.717) is 0 Å². The fraction of sp³-hybridized carbons (Fsp3) is 0.278. The number of hydrogen-bond acceptors (Lipinski definition) is 1. The second kappa shape index (κ2) is 3.96. The predicted molar refractivity (Wildman–Crippen MR) is 77.5 cm³/mol. The molecule has 1 nitrogen and oxygen atoms in total. The molecule has 1 heteroatoms. The van der Waals surface area contributed by atoms with E-state index in [2.05, 4.69) is 31.0 Å². The Morgan fingerprint density at radius 2 is 2.11 bits per heavy atom. The lowest BCUT2D eigenvalue weighted by atomic mass is 9.64. The van der Waals surface area contributed by atoms with E-state index in [0.717, 1.165) is 24.0 Å². The maximum absolute atomic E-state index is 12.0. The van der Waals surface area contributed by atoms with Gasteiger partial charge in [0.05, 0.1) is 5.41 Å². The number of rotatable bonds is 0. The van der Waals surface area contributed by atoms with Crippen LogP contribution in [0.5, 0.6) is 0 Å². The Balaban J connectivity index is 2.30. The lowest BCUT2D eigenvalue weighted by molar-refractivity contribution is -0.111. The molecule has 0 spiro atoms. The van der Waals surface area contributed by atoms with Gasteiger partial charge >= 0.3 is 0 Å². The van der Waals surface area contributed by atoms with Crippen molar-refractivity contribution in [1.29, 1.82) is 0 Å². The molecule has 19 heavy (non-hydrogen) atoms. The summed E-state index contributed by atoms with van der Waals surface area (Å²) in [5.41, 5.74) is 5.08. The summed E-state index contributed by atoms with van der Waals surface area (Å²) in [5, 5.41) is 0. The third kappa shape index (κ3) is 1.60. The molecule has 0 saturated carbocycles. The number of hydrogen-bond donors (Lipinski definition) is 0. The van der Waals surface area contributed by atoms with E-state index in [1.165, 1.54) is 16.7 Å². The fourth-order valence-electron chi connectivity index (χ4n) is 3.24. The number of fused-ring (bicyclic) bond motifs is 3. The van der Waals surface area contributed by atoms with Crippen LogP contribution in [0.1, 0.15) is 30.0 Å². The van der Waals surface area contributed by atoms with Crippen LogP contribution in [-0.2, 0) is 11.2 Å². The average Bonchev–Trinajstić information content (AvgIpc) is 2.40. The molecule has 0 heterocycles. The van der Waals surface area contributed by atoms with Crippen LogP contribution in [0.4, 0.5) is 0 Å². The lowest BCUT2D eigenvalue weighted by Crippen LogP contribution is -2.29. The molecule has 0 N–H and O–H groups in total. The van der Waals surface area contributed by atoms with Crippen molar-refractivity contribution in [2.75, 3.05) is 0 Å². The molecule has 0 radical (unpaired) electrons. The van der Waals surface area contributed by atoms with Crippen molar-refractivity contribution in [2.24, 2.45) is 5.41 Å². The maximum atomic E-state index is 12.0. The van der Waals surface area contributed by atoms with Crippen LogP contribution >= 0.6 is 0 Å². The highest BCUT2D eigenvalue weighted by molar-refractivity contribution is 6.11. The number of carbonyl (C=O) groups excluding carboxylic acids is 1. The lowest BCUT2D eigenvalue weighted by Gasteiger charge is -2.37. The summed E-state index contributed by atoms with van der Waals surface area (Å²) < 4.78 is 0. The van der Waals surface area contributed by atoms with Crippen molar-refractivity contribution in [2.45, 2.75) is 26.7 Å². The number of terminal acetylenes is 1. The van der Waals surface area contributed by atoms with Crippen LogP contribution in [0, 0.1) is 24.7 Å². The second-order valence-corrected chi connectivity index (χ2v) is 5.47. The van der Waals surface area contributed by atoms with Gasteiger partial charge in [0.25, 0.3) is 0 Å². The minimum atomic E-state index is -0.392. The summed E-state index contributed by atoms with van der Waals surface area (Å²) in [4.78, 5) is 12.0. The number of allylic oxidation sites excluding steroid dienone is 4. The normalized spacial score (nSPS) is 24.8. The van der Waals surface area contributed by atoms with Gasteiger partial charge in [-0.2, -0.15) is 0 Å².